The Balaban J connectivity index is 1.13. The van der Waals surface area contributed by atoms with Crippen LogP contribution in [0.1, 0.15) is 72.1 Å². The van der Waals surface area contributed by atoms with E-state index in [1.165, 1.54) is 38.4 Å². The lowest BCUT2D eigenvalue weighted by Gasteiger charge is -2.30. The molecule has 5 rings (SSSR count). The van der Waals surface area contributed by atoms with Crippen molar-refractivity contribution < 1.29 is 14.1 Å². The highest BCUT2D eigenvalue weighted by Crippen LogP contribution is 2.47. The highest BCUT2D eigenvalue weighted by atomic mass is 16.5. The van der Waals surface area contributed by atoms with Crippen LogP contribution in [-0.4, -0.2) is 53.8 Å². The molecule has 2 heterocycles. The van der Waals surface area contributed by atoms with E-state index in [1.54, 1.807) is 0 Å². The molecular weight excluding hydrogens is 380 g/mol. The molecule has 2 saturated carbocycles. The van der Waals surface area contributed by atoms with Gasteiger partial charge in [-0.15, -0.1) is 0 Å². The molecule has 0 bridgehead atoms. The van der Waals surface area contributed by atoms with Crippen LogP contribution in [0.2, 0.25) is 0 Å². The number of piperidine rings is 1. The Bertz CT molecular complexity index is 878. The van der Waals surface area contributed by atoms with E-state index in [0.717, 1.165) is 56.8 Å². The summed E-state index contributed by atoms with van der Waals surface area (Å²) in [7, 11) is 1.41. The monoisotopic (exact) mass is 410 g/mol. The summed E-state index contributed by atoms with van der Waals surface area (Å²) in [6, 6.07) is 8.40. The number of esters is 1. The van der Waals surface area contributed by atoms with Gasteiger partial charge in [0.1, 0.15) is 0 Å². The average molecular weight is 411 g/mol. The molecule has 1 aromatic carbocycles. The van der Waals surface area contributed by atoms with E-state index < -0.39 is 0 Å². The van der Waals surface area contributed by atoms with Crippen LogP contribution in [0.4, 0.5) is 0 Å². The number of likely N-dealkylation sites (tertiary alicyclic amines) is 1. The fraction of sp³-hybridized carbons (Fsp3) is 0.609. The predicted octanol–water partition coefficient (Wildman–Crippen LogP) is 3.02. The zero-order valence-electron chi connectivity index (χ0n) is 17.6. The summed E-state index contributed by atoms with van der Waals surface area (Å²) >= 11 is 0. The Morgan fingerprint density at radius 2 is 1.93 bits per heavy atom. The lowest BCUT2D eigenvalue weighted by molar-refractivity contribution is 0.0600. The molecule has 2 aromatic rings. The number of hydrogen-bond acceptors (Lipinski definition) is 7. The van der Waals surface area contributed by atoms with Gasteiger partial charge in [-0.1, -0.05) is 17.3 Å². The first-order valence-corrected chi connectivity index (χ1v) is 11.1. The normalized spacial score (nSPS) is 21.5. The molecule has 2 aliphatic carbocycles. The van der Waals surface area contributed by atoms with Crippen molar-refractivity contribution in [1.29, 1.82) is 0 Å². The number of methoxy groups -OCH3 is 1. The zero-order chi connectivity index (χ0) is 20.6. The predicted molar refractivity (Wildman–Crippen MR) is 111 cm³/mol. The minimum Gasteiger partial charge on any atom is -0.465 e. The van der Waals surface area contributed by atoms with Crippen LogP contribution >= 0.6 is 0 Å². The van der Waals surface area contributed by atoms with Crippen LogP contribution in [-0.2, 0) is 16.7 Å². The number of nitrogens with zero attached hydrogens (tertiary/aromatic N) is 3. The van der Waals surface area contributed by atoms with E-state index in [4.69, 9.17) is 14.2 Å². The summed E-state index contributed by atoms with van der Waals surface area (Å²) in [5.74, 6) is 1.80. The van der Waals surface area contributed by atoms with E-state index in [0.29, 0.717) is 11.5 Å². The molecule has 0 radical (unpaired) electrons. The summed E-state index contributed by atoms with van der Waals surface area (Å²) in [4.78, 5) is 18.8. The van der Waals surface area contributed by atoms with Crippen LogP contribution in [0.25, 0.3) is 0 Å². The zero-order valence-corrected chi connectivity index (χ0v) is 17.6. The third-order valence-corrected chi connectivity index (χ3v) is 6.79. The Hall–Kier alpha value is -2.25. The Morgan fingerprint density at radius 1 is 1.20 bits per heavy atom. The number of benzene rings is 1. The highest BCUT2D eigenvalue weighted by molar-refractivity contribution is 5.89. The molecule has 160 valence electrons. The number of rotatable bonds is 8. The molecule has 0 amide bonds. The van der Waals surface area contributed by atoms with Gasteiger partial charge in [0.25, 0.3) is 0 Å². The summed E-state index contributed by atoms with van der Waals surface area (Å²) in [5, 5.41) is 8.00. The van der Waals surface area contributed by atoms with Gasteiger partial charge in [-0.05, 0) is 69.3 Å². The Kier molecular flexibility index (Phi) is 5.33. The first-order chi connectivity index (χ1) is 14.6. The second kappa shape index (κ2) is 8.12. The molecule has 3 aliphatic rings. The van der Waals surface area contributed by atoms with Crippen molar-refractivity contribution in [2.24, 2.45) is 0 Å². The number of aromatic nitrogens is 2. The number of ether oxygens (including phenoxy) is 1. The fourth-order valence-electron chi connectivity index (χ4n) is 4.33. The Labute approximate surface area is 177 Å². The largest absolute Gasteiger partial charge is 0.465 e. The van der Waals surface area contributed by atoms with Gasteiger partial charge >= 0.3 is 5.97 Å². The van der Waals surface area contributed by atoms with Crippen molar-refractivity contribution >= 4 is 5.97 Å². The van der Waals surface area contributed by atoms with E-state index in [1.807, 2.05) is 24.3 Å². The average Bonchev–Trinajstić information content (AvgIpc) is 3.71. The maximum Gasteiger partial charge on any atom is 0.337 e. The van der Waals surface area contributed by atoms with Crippen molar-refractivity contribution in [3.05, 3.63) is 47.1 Å². The minimum atomic E-state index is -0.294. The number of carbonyl (C=O) groups excluding carboxylic acids is 1. The third-order valence-electron chi connectivity index (χ3n) is 6.79. The van der Waals surface area contributed by atoms with Crippen LogP contribution in [0.5, 0.6) is 0 Å². The maximum atomic E-state index is 11.6. The molecule has 7 heteroatoms. The van der Waals surface area contributed by atoms with Gasteiger partial charge in [0, 0.05) is 30.5 Å². The van der Waals surface area contributed by atoms with Crippen LogP contribution < -0.4 is 5.32 Å². The second-order valence-electron chi connectivity index (χ2n) is 9.13. The quantitative estimate of drug-likeness (QED) is 0.670. The van der Waals surface area contributed by atoms with Gasteiger partial charge in [-0.3, -0.25) is 4.90 Å². The fourth-order valence-corrected chi connectivity index (χ4v) is 4.33. The summed E-state index contributed by atoms with van der Waals surface area (Å²) in [6.45, 7) is 3.90. The summed E-state index contributed by atoms with van der Waals surface area (Å²) < 4.78 is 10.5. The van der Waals surface area contributed by atoms with Crippen LogP contribution in [0.3, 0.4) is 0 Å². The first-order valence-electron chi connectivity index (χ1n) is 11.1. The SMILES string of the molecule is COC(=O)c1ccc(CN2CCC(c3nc(C4(CNC5CC5)CC4)no3)CC2)cc1. The van der Waals surface area contributed by atoms with Gasteiger partial charge < -0.3 is 14.6 Å². The molecule has 7 nitrogen and oxygen atoms in total. The third kappa shape index (κ3) is 4.27. The molecule has 1 saturated heterocycles. The van der Waals surface area contributed by atoms with Gasteiger partial charge in [-0.2, -0.15) is 4.98 Å². The standard InChI is InChI=1S/C23H30N4O3/c1-29-21(28)18-4-2-16(3-5-18)14-27-12-8-17(9-13-27)20-25-22(26-30-20)23(10-11-23)15-24-19-6-7-19/h2-5,17,19,24H,6-15H2,1H3. The van der Waals surface area contributed by atoms with Crippen LogP contribution in [0.15, 0.2) is 28.8 Å². The van der Waals surface area contributed by atoms with Gasteiger partial charge in [0.2, 0.25) is 5.89 Å². The van der Waals surface area contributed by atoms with E-state index in [2.05, 4.69) is 15.4 Å². The molecule has 3 fully saturated rings. The second-order valence-corrected chi connectivity index (χ2v) is 9.13. The number of carbonyl (C=O) groups is 1. The smallest absolute Gasteiger partial charge is 0.337 e. The molecule has 30 heavy (non-hydrogen) atoms. The molecule has 0 unspecified atom stereocenters. The summed E-state index contributed by atoms with van der Waals surface area (Å²) in [5.41, 5.74) is 1.93. The van der Waals surface area contributed by atoms with Crippen molar-refractivity contribution in [3.8, 4) is 0 Å². The first kappa shape index (κ1) is 19.7. The highest BCUT2D eigenvalue weighted by Gasteiger charge is 2.49. The topological polar surface area (TPSA) is 80.5 Å². The van der Waals surface area contributed by atoms with Crippen molar-refractivity contribution in [3.63, 3.8) is 0 Å². The molecule has 0 spiro atoms. The van der Waals surface area contributed by atoms with E-state index in [9.17, 15) is 4.79 Å². The van der Waals surface area contributed by atoms with Gasteiger partial charge in [0.05, 0.1) is 12.7 Å². The number of hydrogen-bond donors (Lipinski definition) is 1. The molecular formula is C23H30N4O3. The van der Waals surface area contributed by atoms with Crippen molar-refractivity contribution in [1.82, 2.24) is 20.4 Å². The molecule has 1 N–H and O–H groups in total. The molecule has 0 atom stereocenters. The van der Waals surface area contributed by atoms with E-state index in [-0.39, 0.29) is 11.4 Å². The van der Waals surface area contributed by atoms with Crippen molar-refractivity contribution in [2.75, 3.05) is 26.7 Å². The lowest BCUT2D eigenvalue weighted by Crippen LogP contribution is -2.32. The number of nitrogens with one attached hydrogen (secondary N) is 1. The minimum absolute atomic E-state index is 0.126. The molecule has 1 aliphatic heterocycles. The van der Waals surface area contributed by atoms with Crippen LogP contribution in [0, 0.1) is 0 Å². The lowest BCUT2D eigenvalue weighted by atomic mass is 9.96. The van der Waals surface area contributed by atoms with E-state index >= 15 is 0 Å². The Morgan fingerprint density at radius 3 is 2.57 bits per heavy atom. The maximum absolute atomic E-state index is 11.6. The van der Waals surface area contributed by atoms with Gasteiger partial charge in [0.15, 0.2) is 5.82 Å². The molecule has 1 aromatic heterocycles. The van der Waals surface area contributed by atoms with Gasteiger partial charge in [-0.25, -0.2) is 4.79 Å². The summed E-state index contributed by atoms with van der Waals surface area (Å²) in [6.07, 6.45) is 7.02. The van der Waals surface area contributed by atoms with Crippen molar-refractivity contribution in [2.45, 2.75) is 62.4 Å².